The zero-order valence-electron chi connectivity index (χ0n) is 10.5. The van der Waals surface area contributed by atoms with Gasteiger partial charge < -0.3 is 9.84 Å². The van der Waals surface area contributed by atoms with Crippen molar-refractivity contribution in [3.05, 3.63) is 57.6 Å². The molecule has 0 aliphatic carbocycles. The van der Waals surface area contributed by atoms with E-state index in [9.17, 15) is 5.11 Å². The molecule has 0 aliphatic heterocycles. The number of ether oxygens (including phenoxy) is 1. The number of aryl methyl sites for hydroxylation is 1. The summed E-state index contributed by atoms with van der Waals surface area (Å²) in [6.45, 7) is 1.93. The highest BCUT2D eigenvalue weighted by Gasteiger charge is 2.07. The number of benzene rings is 2. The Hall–Kier alpha value is -1.22. The van der Waals surface area contributed by atoms with E-state index in [4.69, 9.17) is 27.9 Å². The van der Waals surface area contributed by atoms with Crippen molar-refractivity contribution in [3.63, 3.8) is 0 Å². The molecule has 0 spiro atoms. The minimum atomic E-state index is -0.0965. The number of aliphatic hydroxyl groups is 1. The van der Waals surface area contributed by atoms with Crippen LogP contribution in [0.4, 0.5) is 0 Å². The molecule has 1 N–H and O–H groups in total. The van der Waals surface area contributed by atoms with Crippen molar-refractivity contribution in [3.8, 4) is 11.5 Å². The Morgan fingerprint density at radius 1 is 1.05 bits per heavy atom. The third-order valence-corrected chi connectivity index (χ3v) is 3.43. The maximum absolute atomic E-state index is 9.29. The predicted molar refractivity (Wildman–Crippen MR) is 78.3 cm³/mol. The second-order valence-corrected chi connectivity index (χ2v) is 4.96. The molecule has 0 heterocycles. The summed E-state index contributed by atoms with van der Waals surface area (Å²) in [6, 6.07) is 10.6. The van der Waals surface area contributed by atoms with E-state index in [1.807, 2.05) is 13.0 Å². The highest BCUT2D eigenvalue weighted by Crippen LogP contribution is 2.30. The molecule has 2 aromatic rings. The van der Waals surface area contributed by atoms with Gasteiger partial charge in [-0.15, -0.1) is 0 Å². The molecule has 19 heavy (non-hydrogen) atoms. The topological polar surface area (TPSA) is 29.5 Å². The normalized spacial score (nSPS) is 10.5. The first kappa shape index (κ1) is 14.2. The van der Waals surface area contributed by atoms with Gasteiger partial charge in [-0.05, 0) is 42.3 Å². The predicted octanol–water partition coefficient (Wildman–Crippen LogP) is 4.84. The Bertz CT molecular complexity index is 582. The quantitative estimate of drug-likeness (QED) is 0.875. The lowest BCUT2D eigenvalue weighted by atomic mass is 10.1. The Labute approximate surface area is 122 Å². The smallest absolute Gasteiger partial charge is 0.134 e. The van der Waals surface area contributed by atoms with E-state index in [-0.39, 0.29) is 6.61 Å². The van der Waals surface area contributed by atoms with Gasteiger partial charge in [-0.25, -0.2) is 0 Å². The van der Waals surface area contributed by atoms with Gasteiger partial charge in [-0.2, -0.15) is 0 Å². The van der Waals surface area contributed by atoms with Crippen molar-refractivity contribution in [1.82, 2.24) is 0 Å². The van der Waals surface area contributed by atoms with Crippen LogP contribution in [0.15, 0.2) is 36.4 Å². The van der Waals surface area contributed by atoms with Crippen LogP contribution in [0.3, 0.4) is 0 Å². The molecule has 0 unspecified atom stereocenters. The van der Waals surface area contributed by atoms with E-state index in [2.05, 4.69) is 0 Å². The summed E-state index contributed by atoms with van der Waals surface area (Å²) >= 11 is 12.0. The summed E-state index contributed by atoms with van der Waals surface area (Å²) in [4.78, 5) is 0. The highest BCUT2D eigenvalue weighted by atomic mass is 35.5. The lowest BCUT2D eigenvalue weighted by Crippen LogP contribution is -1.93. The monoisotopic (exact) mass is 296 g/mol. The van der Waals surface area contributed by atoms with Crippen LogP contribution in [0, 0.1) is 0 Å². The Kier molecular flexibility index (Phi) is 4.70. The maximum Gasteiger partial charge on any atom is 0.134 e. The van der Waals surface area contributed by atoms with Gasteiger partial charge in [0.2, 0.25) is 0 Å². The number of aliphatic hydroxyl groups excluding tert-OH is 1. The van der Waals surface area contributed by atoms with Gasteiger partial charge in [-0.1, -0.05) is 36.2 Å². The maximum atomic E-state index is 9.29. The van der Waals surface area contributed by atoms with Gasteiger partial charge >= 0.3 is 0 Å². The van der Waals surface area contributed by atoms with Crippen LogP contribution in [0.2, 0.25) is 10.0 Å². The summed E-state index contributed by atoms with van der Waals surface area (Å²) < 4.78 is 5.78. The molecular weight excluding hydrogens is 283 g/mol. The Morgan fingerprint density at radius 3 is 2.53 bits per heavy atom. The lowest BCUT2D eigenvalue weighted by molar-refractivity contribution is 0.276. The van der Waals surface area contributed by atoms with E-state index in [0.717, 1.165) is 17.0 Å². The molecule has 0 saturated carbocycles. The van der Waals surface area contributed by atoms with Crippen molar-refractivity contribution in [2.75, 3.05) is 0 Å². The zero-order chi connectivity index (χ0) is 13.8. The van der Waals surface area contributed by atoms with Crippen molar-refractivity contribution in [2.24, 2.45) is 0 Å². The van der Waals surface area contributed by atoms with Crippen LogP contribution in [0.25, 0.3) is 0 Å². The van der Waals surface area contributed by atoms with E-state index >= 15 is 0 Å². The van der Waals surface area contributed by atoms with Gasteiger partial charge in [0.1, 0.15) is 11.5 Å². The molecule has 0 amide bonds. The first-order valence-corrected chi connectivity index (χ1v) is 6.75. The van der Waals surface area contributed by atoms with Crippen LogP contribution in [-0.2, 0) is 13.0 Å². The third kappa shape index (κ3) is 3.41. The van der Waals surface area contributed by atoms with Crippen LogP contribution >= 0.6 is 23.2 Å². The van der Waals surface area contributed by atoms with Gasteiger partial charge in [0, 0.05) is 15.6 Å². The van der Waals surface area contributed by atoms with Crippen LogP contribution < -0.4 is 4.74 Å². The number of hydrogen-bond donors (Lipinski definition) is 1. The minimum Gasteiger partial charge on any atom is -0.457 e. The molecule has 4 heteroatoms. The van der Waals surface area contributed by atoms with Crippen molar-refractivity contribution in [2.45, 2.75) is 20.0 Å². The molecule has 0 bridgehead atoms. The van der Waals surface area contributed by atoms with Crippen LogP contribution in [0.5, 0.6) is 11.5 Å². The second-order valence-electron chi connectivity index (χ2n) is 4.12. The number of hydrogen-bond acceptors (Lipinski definition) is 2. The largest absolute Gasteiger partial charge is 0.457 e. The molecule has 0 saturated heterocycles. The van der Waals surface area contributed by atoms with Crippen LogP contribution in [0.1, 0.15) is 18.1 Å². The number of rotatable bonds is 4. The molecular formula is C15H14Cl2O2. The van der Waals surface area contributed by atoms with Gasteiger partial charge in [0.05, 0.1) is 6.61 Å². The second kappa shape index (κ2) is 6.29. The lowest BCUT2D eigenvalue weighted by Gasteiger charge is -2.11. The Morgan fingerprint density at radius 2 is 1.84 bits per heavy atom. The summed E-state index contributed by atoms with van der Waals surface area (Å²) in [6.07, 6.45) is 0.832. The zero-order valence-corrected chi connectivity index (χ0v) is 12.0. The molecule has 0 aromatic heterocycles. The van der Waals surface area contributed by atoms with Crippen molar-refractivity contribution in [1.29, 1.82) is 0 Å². The molecule has 2 nitrogen and oxygen atoms in total. The summed E-state index contributed by atoms with van der Waals surface area (Å²) in [5, 5.41) is 10.6. The standard InChI is InChI=1S/C15H14Cl2O2/c1-2-10-7-13(5-6-14(10)17)19-15-8-12(16)4-3-11(15)9-18/h3-8,18H,2,9H2,1H3. The van der Waals surface area contributed by atoms with E-state index in [1.165, 1.54) is 0 Å². The molecule has 2 rings (SSSR count). The van der Waals surface area contributed by atoms with Crippen LogP contribution in [-0.4, -0.2) is 5.11 Å². The molecule has 0 aliphatic rings. The Balaban J connectivity index is 2.33. The third-order valence-electron chi connectivity index (χ3n) is 2.83. The molecule has 0 radical (unpaired) electrons. The van der Waals surface area contributed by atoms with E-state index in [0.29, 0.717) is 22.1 Å². The molecule has 0 atom stereocenters. The average molecular weight is 297 g/mol. The molecule has 0 fully saturated rings. The minimum absolute atomic E-state index is 0.0965. The molecule has 2 aromatic carbocycles. The first-order valence-electron chi connectivity index (χ1n) is 5.99. The van der Waals surface area contributed by atoms with E-state index in [1.54, 1.807) is 30.3 Å². The van der Waals surface area contributed by atoms with Crippen molar-refractivity contribution >= 4 is 23.2 Å². The fourth-order valence-electron chi connectivity index (χ4n) is 1.77. The fourth-order valence-corrected chi connectivity index (χ4v) is 2.18. The van der Waals surface area contributed by atoms with Gasteiger partial charge in [0.25, 0.3) is 0 Å². The SMILES string of the molecule is CCc1cc(Oc2cc(Cl)ccc2CO)ccc1Cl. The van der Waals surface area contributed by atoms with Crippen molar-refractivity contribution < 1.29 is 9.84 Å². The average Bonchev–Trinajstić information content (AvgIpc) is 2.41. The fraction of sp³-hybridized carbons (Fsp3) is 0.200. The molecule has 100 valence electrons. The first-order chi connectivity index (χ1) is 9.13. The summed E-state index contributed by atoms with van der Waals surface area (Å²) in [5.74, 6) is 1.23. The van der Waals surface area contributed by atoms with E-state index < -0.39 is 0 Å². The van der Waals surface area contributed by atoms with Gasteiger partial charge in [-0.3, -0.25) is 0 Å². The number of halogens is 2. The highest BCUT2D eigenvalue weighted by molar-refractivity contribution is 6.31. The summed E-state index contributed by atoms with van der Waals surface area (Å²) in [5.41, 5.74) is 1.71. The van der Waals surface area contributed by atoms with Gasteiger partial charge in [0.15, 0.2) is 0 Å². The summed E-state index contributed by atoms with van der Waals surface area (Å²) in [7, 11) is 0.